The second-order valence-electron chi connectivity index (χ2n) is 8.46. The zero-order valence-corrected chi connectivity index (χ0v) is 21.5. The van der Waals surface area contributed by atoms with Crippen LogP contribution in [-0.2, 0) is 14.3 Å². The van der Waals surface area contributed by atoms with Crippen LogP contribution in [0.3, 0.4) is 0 Å². The number of hydrogen-bond donors (Lipinski definition) is 1. The molecule has 0 saturated carbocycles. The van der Waals surface area contributed by atoms with Crippen molar-refractivity contribution in [3.8, 4) is 0 Å². The van der Waals surface area contributed by atoms with Crippen LogP contribution >= 0.6 is 35.0 Å². The number of dihydropyridines is 1. The Bertz CT molecular complexity index is 1160. The number of benzene rings is 2. The number of thioether (sulfide) groups is 1. The molecule has 0 amide bonds. The van der Waals surface area contributed by atoms with E-state index >= 15 is 0 Å². The number of nitrogens with one attached hydrogen (secondary N) is 1. The average Bonchev–Trinajstić information content (AvgIpc) is 2.81. The highest BCUT2D eigenvalue weighted by molar-refractivity contribution is 7.99. The number of carbonyl (C=O) groups excluding carboxylic acids is 2. The largest absolute Gasteiger partial charge is 0.461 e. The highest BCUT2D eigenvalue weighted by Crippen LogP contribution is 2.46. The summed E-state index contributed by atoms with van der Waals surface area (Å²) in [4.78, 5) is 26.8. The van der Waals surface area contributed by atoms with Gasteiger partial charge in [0, 0.05) is 45.1 Å². The Morgan fingerprint density at radius 1 is 1.09 bits per heavy atom. The molecule has 0 fully saturated rings. The number of Topliss-reactive ketones (excluding diaryl/α,β-unsaturated/α-hetero) is 1. The summed E-state index contributed by atoms with van der Waals surface area (Å²) in [6.07, 6.45) is 1.04. The van der Waals surface area contributed by atoms with Crippen molar-refractivity contribution in [2.24, 2.45) is 0 Å². The van der Waals surface area contributed by atoms with E-state index in [-0.39, 0.29) is 11.7 Å². The Kier molecular flexibility index (Phi) is 8.07. The van der Waals surface area contributed by atoms with Gasteiger partial charge in [0.15, 0.2) is 5.78 Å². The molecule has 2 atom stereocenters. The average molecular weight is 516 g/mol. The van der Waals surface area contributed by atoms with Gasteiger partial charge in [-0.2, -0.15) is 11.8 Å². The second kappa shape index (κ2) is 11.0. The van der Waals surface area contributed by atoms with Gasteiger partial charge in [-0.1, -0.05) is 54.4 Å². The molecule has 0 saturated heterocycles. The maximum Gasteiger partial charge on any atom is 0.336 e. The van der Waals surface area contributed by atoms with E-state index in [2.05, 4.69) is 12.2 Å². The first-order valence-electron chi connectivity index (χ1n) is 11.4. The lowest BCUT2D eigenvalue weighted by molar-refractivity contribution is -0.138. The summed E-state index contributed by atoms with van der Waals surface area (Å²) in [7, 11) is 0. The van der Waals surface area contributed by atoms with E-state index in [4.69, 9.17) is 27.9 Å². The minimum absolute atomic E-state index is 0.0259. The van der Waals surface area contributed by atoms with Crippen LogP contribution in [0.1, 0.15) is 49.7 Å². The summed E-state index contributed by atoms with van der Waals surface area (Å²) >= 11 is 14.1. The van der Waals surface area contributed by atoms with Crippen LogP contribution in [0, 0.1) is 0 Å². The van der Waals surface area contributed by atoms with E-state index in [1.807, 2.05) is 49.4 Å². The van der Waals surface area contributed by atoms with Gasteiger partial charge in [0.25, 0.3) is 0 Å². The number of halogens is 2. The lowest BCUT2D eigenvalue weighted by Crippen LogP contribution is -2.36. The minimum Gasteiger partial charge on any atom is -0.461 e. The fraction of sp³-hybridized carbons (Fsp3) is 0.333. The van der Waals surface area contributed by atoms with Gasteiger partial charge >= 0.3 is 5.97 Å². The van der Waals surface area contributed by atoms with Crippen LogP contribution in [0.15, 0.2) is 71.1 Å². The molecule has 2 aromatic rings. The van der Waals surface area contributed by atoms with E-state index in [0.717, 1.165) is 28.3 Å². The molecule has 0 bridgehead atoms. The smallest absolute Gasteiger partial charge is 0.336 e. The summed E-state index contributed by atoms with van der Waals surface area (Å²) < 4.78 is 5.62. The second-order valence-corrected chi connectivity index (χ2v) is 10.7. The van der Waals surface area contributed by atoms with Crippen molar-refractivity contribution in [3.05, 3.63) is 92.2 Å². The molecular weight excluding hydrogens is 489 g/mol. The third kappa shape index (κ3) is 5.37. The molecule has 4 rings (SSSR count). The van der Waals surface area contributed by atoms with Gasteiger partial charge < -0.3 is 10.1 Å². The third-order valence-corrected chi connectivity index (χ3v) is 7.59. The Morgan fingerprint density at radius 2 is 1.85 bits per heavy atom. The quantitative estimate of drug-likeness (QED) is 0.330. The fourth-order valence-electron chi connectivity index (χ4n) is 4.72. The number of carbonyl (C=O) groups is 2. The monoisotopic (exact) mass is 515 g/mol. The first-order chi connectivity index (χ1) is 16.4. The van der Waals surface area contributed by atoms with E-state index in [1.165, 1.54) is 0 Å². The van der Waals surface area contributed by atoms with Gasteiger partial charge in [0.1, 0.15) is 6.61 Å². The lowest BCUT2D eigenvalue weighted by atomic mass is 9.72. The maximum absolute atomic E-state index is 13.6. The van der Waals surface area contributed by atoms with Crippen molar-refractivity contribution in [1.29, 1.82) is 0 Å². The molecule has 2 aliphatic rings. The third-order valence-electron chi connectivity index (χ3n) is 6.24. The van der Waals surface area contributed by atoms with Crippen molar-refractivity contribution >= 4 is 46.7 Å². The van der Waals surface area contributed by atoms with Crippen LogP contribution in [-0.4, -0.2) is 29.9 Å². The molecule has 1 aliphatic carbocycles. The van der Waals surface area contributed by atoms with Gasteiger partial charge in [-0.05, 0) is 60.4 Å². The zero-order valence-electron chi connectivity index (χ0n) is 19.2. The van der Waals surface area contributed by atoms with Gasteiger partial charge in [0.2, 0.25) is 0 Å². The summed E-state index contributed by atoms with van der Waals surface area (Å²) in [6, 6.07) is 15.0. The molecule has 1 N–H and O–H groups in total. The molecule has 0 spiro atoms. The van der Waals surface area contributed by atoms with Crippen LogP contribution in [0.4, 0.5) is 0 Å². The highest BCUT2D eigenvalue weighted by Gasteiger charge is 2.41. The van der Waals surface area contributed by atoms with Crippen LogP contribution < -0.4 is 5.32 Å². The molecule has 0 aromatic heterocycles. The summed E-state index contributed by atoms with van der Waals surface area (Å²) in [5.41, 5.74) is 4.56. The van der Waals surface area contributed by atoms with Crippen molar-refractivity contribution in [1.82, 2.24) is 5.32 Å². The standard InChI is InChI=1S/C27H27Cl2NO3S/c1-3-34-12-11-33-27(32)24-16(2)30-22-14-19(17-7-9-20(28)10-8-17)15-23(31)26(22)25(24)18-5-4-6-21(29)13-18/h4-10,13,19,25,30H,3,11-12,14-15H2,1-2H3/t19-,25+/m0/s1. The Hall–Kier alpha value is -2.21. The normalized spacial score (nSPS) is 20.2. The number of ether oxygens (including phenoxy) is 1. The summed E-state index contributed by atoms with van der Waals surface area (Å²) in [6.45, 7) is 4.27. The first kappa shape index (κ1) is 24.9. The summed E-state index contributed by atoms with van der Waals surface area (Å²) in [5.74, 6) is 0.859. The summed E-state index contributed by atoms with van der Waals surface area (Å²) in [5, 5.41) is 4.61. The van der Waals surface area contributed by atoms with E-state index in [0.29, 0.717) is 46.3 Å². The predicted octanol–water partition coefficient (Wildman–Crippen LogP) is 6.65. The lowest BCUT2D eigenvalue weighted by Gasteiger charge is -2.36. The van der Waals surface area contributed by atoms with E-state index < -0.39 is 11.9 Å². The SMILES string of the molecule is CCSCCOC(=O)C1=C(C)NC2=C(C(=O)C[C@@H](c3ccc(Cl)cc3)C2)[C@@H]1c1cccc(Cl)c1. The molecule has 1 aliphatic heterocycles. The van der Waals surface area contributed by atoms with Crippen molar-refractivity contribution in [2.45, 2.75) is 38.5 Å². The molecule has 7 heteroatoms. The topological polar surface area (TPSA) is 55.4 Å². The molecule has 0 unspecified atom stereocenters. The molecule has 178 valence electrons. The van der Waals surface area contributed by atoms with Crippen molar-refractivity contribution in [3.63, 3.8) is 0 Å². The molecule has 4 nitrogen and oxygen atoms in total. The number of ketones is 1. The Labute approximate surface area is 214 Å². The number of allylic oxidation sites excluding steroid dienone is 3. The Morgan fingerprint density at radius 3 is 2.56 bits per heavy atom. The van der Waals surface area contributed by atoms with Gasteiger partial charge in [-0.15, -0.1) is 0 Å². The number of hydrogen-bond acceptors (Lipinski definition) is 5. The van der Waals surface area contributed by atoms with Crippen LogP contribution in [0.2, 0.25) is 10.0 Å². The maximum atomic E-state index is 13.6. The molecule has 1 heterocycles. The first-order valence-corrected chi connectivity index (χ1v) is 13.3. The predicted molar refractivity (Wildman–Crippen MR) is 139 cm³/mol. The van der Waals surface area contributed by atoms with Crippen LogP contribution in [0.25, 0.3) is 0 Å². The van der Waals surface area contributed by atoms with E-state index in [1.54, 1.807) is 17.8 Å². The minimum atomic E-state index is -0.514. The van der Waals surface area contributed by atoms with Crippen LogP contribution in [0.5, 0.6) is 0 Å². The fourth-order valence-corrected chi connectivity index (χ4v) is 5.53. The molecule has 34 heavy (non-hydrogen) atoms. The Balaban J connectivity index is 1.71. The molecule has 0 radical (unpaired) electrons. The number of esters is 1. The zero-order chi connectivity index (χ0) is 24.2. The van der Waals surface area contributed by atoms with Crippen molar-refractivity contribution < 1.29 is 14.3 Å². The highest BCUT2D eigenvalue weighted by atomic mass is 35.5. The van der Waals surface area contributed by atoms with Gasteiger partial charge in [0.05, 0.1) is 5.57 Å². The molecule has 2 aromatic carbocycles. The van der Waals surface area contributed by atoms with Crippen molar-refractivity contribution in [2.75, 3.05) is 18.1 Å². The van der Waals surface area contributed by atoms with E-state index in [9.17, 15) is 9.59 Å². The number of rotatable bonds is 7. The van der Waals surface area contributed by atoms with Gasteiger partial charge in [-0.25, -0.2) is 4.79 Å². The van der Waals surface area contributed by atoms with Gasteiger partial charge in [-0.3, -0.25) is 4.79 Å². The molecular formula is C27H27Cl2NO3S.